The van der Waals surface area contributed by atoms with E-state index in [-0.39, 0.29) is 28.4 Å². The van der Waals surface area contributed by atoms with Crippen molar-refractivity contribution < 1.29 is 23.0 Å². The molecule has 0 fully saturated rings. The van der Waals surface area contributed by atoms with E-state index in [9.17, 15) is 13.6 Å². The van der Waals surface area contributed by atoms with Gasteiger partial charge in [0.05, 0.1) is 31.2 Å². The number of rotatable bonds is 3. The third-order valence-electron chi connectivity index (χ3n) is 3.02. The van der Waals surface area contributed by atoms with Crippen LogP contribution >= 0.6 is 0 Å². The predicted octanol–water partition coefficient (Wildman–Crippen LogP) is 2.00. The van der Waals surface area contributed by atoms with Crippen LogP contribution in [0.4, 0.5) is 14.5 Å². The number of nitrogens with zero attached hydrogens (tertiary/aromatic N) is 2. The lowest BCUT2D eigenvalue weighted by Gasteiger charge is -2.11. The summed E-state index contributed by atoms with van der Waals surface area (Å²) < 4.78 is 37.9. The largest absolute Gasteiger partial charge is 0.494 e. The summed E-state index contributed by atoms with van der Waals surface area (Å²) in [5.41, 5.74) is 5.08. The number of benzene rings is 1. The van der Waals surface area contributed by atoms with E-state index in [0.717, 1.165) is 23.9 Å². The van der Waals surface area contributed by atoms with Gasteiger partial charge in [-0.15, -0.1) is 0 Å². The van der Waals surface area contributed by atoms with Gasteiger partial charge in [0.2, 0.25) is 0 Å². The molecule has 0 aliphatic heterocycles. The minimum Gasteiger partial charge on any atom is -0.494 e. The maximum Gasteiger partial charge on any atom is 0.357 e. The minimum absolute atomic E-state index is 0.0388. The van der Waals surface area contributed by atoms with Gasteiger partial charge in [-0.05, 0) is 0 Å². The van der Waals surface area contributed by atoms with Crippen molar-refractivity contribution in [3.63, 3.8) is 0 Å². The number of halogens is 2. The Morgan fingerprint density at radius 1 is 1.32 bits per heavy atom. The van der Waals surface area contributed by atoms with Crippen molar-refractivity contribution in [2.75, 3.05) is 20.0 Å². The molecule has 0 bridgehead atoms. The number of ether oxygens (including phenoxy) is 2. The quantitative estimate of drug-likeness (QED) is 0.876. The van der Waals surface area contributed by atoms with Gasteiger partial charge in [0, 0.05) is 18.3 Å². The maximum atomic E-state index is 14.1. The van der Waals surface area contributed by atoms with Crippen molar-refractivity contribution in [2.24, 2.45) is 0 Å². The number of methoxy groups -OCH3 is 2. The van der Waals surface area contributed by atoms with Gasteiger partial charge in [-0.25, -0.2) is 13.6 Å². The summed E-state index contributed by atoms with van der Waals surface area (Å²) >= 11 is 0. The second kappa shape index (κ2) is 5.73. The van der Waals surface area contributed by atoms with Crippen molar-refractivity contribution in [1.82, 2.24) is 4.57 Å². The molecular formula is C14H11F2N3O3. The SMILES string of the molecule is COC(=O)c1c(N)c(C#N)cn1-c1cc(OC)c(F)cc1F. The van der Waals surface area contributed by atoms with Crippen LogP contribution < -0.4 is 10.5 Å². The number of anilines is 1. The Morgan fingerprint density at radius 3 is 2.55 bits per heavy atom. The second-order valence-corrected chi connectivity index (χ2v) is 4.22. The Balaban J connectivity index is 2.78. The fraction of sp³-hybridized carbons (Fsp3) is 0.143. The molecule has 1 aromatic carbocycles. The van der Waals surface area contributed by atoms with E-state index < -0.39 is 17.6 Å². The number of hydrogen-bond donors (Lipinski definition) is 1. The lowest BCUT2D eigenvalue weighted by Crippen LogP contribution is -2.12. The fourth-order valence-corrected chi connectivity index (χ4v) is 1.96. The van der Waals surface area contributed by atoms with E-state index in [1.807, 2.05) is 0 Å². The normalized spacial score (nSPS) is 10.1. The van der Waals surface area contributed by atoms with Crippen LogP contribution in [0.1, 0.15) is 16.1 Å². The Hall–Kier alpha value is -3.08. The molecule has 1 aromatic heterocycles. The number of nitriles is 1. The van der Waals surface area contributed by atoms with Gasteiger partial charge in [-0.2, -0.15) is 5.26 Å². The van der Waals surface area contributed by atoms with Crippen LogP contribution in [-0.4, -0.2) is 24.8 Å². The molecule has 2 aromatic rings. The van der Waals surface area contributed by atoms with Gasteiger partial charge in [-0.3, -0.25) is 0 Å². The first-order chi connectivity index (χ1) is 10.4. The topological polar surface area (TPSA) is 90.3 Å². The van der Waals surface area contributed by atoms with Crippen molar-refractivity contribution in [2.45, 2.75) is 0 Å². The molecule has 22 heavy (non-hydrogen) atoms. The monoisotopic (exact) mass is 307 g/mol. The summed E-state index contributed by atoms with van der Waals surface area (Å²) in [5.74, 6) is -2.94. The second-order valence-electron chi connectivity index (χ2n) is 4.22. The Bertz CT molecular complexity index is 794. The molecule has 0 aliphatic rings. The van der Waals surface area contributed by atoms with Crippen molar-refractivity contribution in [3.05, 3.63) is 41.2 Å². The number of hydrogen-bond acceptors (Lipinski definition) is 5. The smallest absolute Gasteiger partial charge is 0.357 e. The predicted molar refractivity (Wildman–Crippen MR) is 72.7 cm³/mol. The number of carbonyl (C=O) groups excluding carboxylic acids is 1. The van der Waals surface area contributed by atoms with E-state index in [1.165, 1.54) is 7.11 Å². The summed E-state index contributed by atoms with van der Waals surface area (Å²) in [6.07, 6.45) is 1.16. The first-order valence-corrected chi connectivity index (χ1v) is 5.97. The van der Waals surface area contributed by atoms with Crippen LogP contribution in [0.2, 0.25) is 0 Å². The molecule has 0 saturated carbocycles. The minimum atomic E-state index is -0.956. The molecule has 0 saturated heterocycles. The molecule has 0 aliphatic carbocycles. The van der Waals surface area contributed by atoms with Gasteiger partial charge in [0.25, 0.3) is 0 Å². The van der Waals surface area contributed by atoms with Gasteiger partial charge in [0.1, 0.15) is 11.9 Å². The highest BCUT2D eigenvalue weighted by atomic mass is 19.1. The zero-order valence-corrected chi connectivity index (χ0v) is 11.7. The third-order valence-corrected chi connectivity index (χ3v) is 3.02. The van der Waals surface area contributed by atoms with E-state index in [2.05, 4.69) is 4.74 Å². The lowest BCUT2D eigenvalue weighted by molar-refractivity contribution is 0.0593. The molecule has 1 heterocycles. The average Bonchev–Trinajstić information content (AvgIpc) is 2.83. The van der Waals surface area contributed by atoms with Crippen LogP contribution in [0.3, 0.4) is 0 Å². The number of nitrogens with two attached hydrogens (primary N) is 1. The van der Waals surface area contributed by atoms with Crippen LogP contribution in [0.5, 0.6) is 5.75 Å². The molecule has 0 amide bonds. The number of esters is 1. The van der Waals surface area contributed by atoms with E-state index in [1.54, 1.807) is 6.07 Å². The molecule has 0 spiro atoms. The third kappa shape index (κ3) is 2.33. The van der Waals surface area contributed by atoms with E-state index in [4.69, 9.17) is 15.7 Å². The van der Waals surface area contributed by atoms with Crippen LogP contribution in [0.25, 0.3) is 5.69 Å². The highest BCUT2D eigenvalue weighted by Gasteiger charge is 2.24. The zero-order valence-electron chi connectivity index (χ0n) is 11.7. The van der Waals surface area contributed by atoms with Crippen molar-refractivity contribution in [3.8, 4) is 17.5 Å². The Morgan fingerprint density at radius 2 is 2.00 bits per heavy atom. The summed E-state index contributed by atoms with van der Waals surface area (Å²) in [6, 6.07) is 3.44. The van der Waals surface area contributed by atoms with Gasteiger partial charge in [-0.1, -0.05) is 0 Å². The molecule has 8 heteroatoms. The fourth-order valence-electron chi connectivity index (χ4n) is 1.96. The number of nitrogen functional groups attached to an aromatic ring is 1. The summed E-state index contributed by atoms with van der Waals surface area (Å²) in [6.45, 7) is 0. The highest BCUT2D eigenvalue weighted by molar-refractivity contribution is 5.96. The average molecular weight is 307 g/mol. The van der Waals surface area contributed by atoms with E-state index >= 15 is 0 Å². The Kier molecular flexibility index (Phi) is 3.99. The molecule has 2 N–H and O–H groups in total. The molecule has 2 rings (SSSR count). The molecule has 0 atom stereocenters. The van der Waals surface area contributed by atoms with Gasteiger partial charge < -0.3 is 19.8 Å². The van der Waals surface area contributed by atoms with Crippen molar-refractivity contribution in [1.29, 1.82) is 5.26 Å². The maximum absolute atomic E-state index is 14.1. The molecular weight excluding hydrogens is 296 g/mol. The first kappa shape index (κ1) is 15.3. The van der Waals surface area contributed by atoms with Crippen LogP contribution in [0, 0.1) is 23.0 Å². The summed E-state index contributed by atoms with van der Waals surface area (Å²) in [7, 11) is 2.33. The molecule has 0 unspecified atom stereocenters. The standard InChI is InChI=1S/C14H11F2N3O3/c1-21-11-4-10(8(15)3-9(11)16)19-6-7(5-17)12(18)13(19)14(20)22-2/h3-4,6H,18H2,1-2H3. The summed E-state index contributed by atoms with van der Waals surface area (Å²) in [5, 5.41) is 9.00. The van der Waals surface area contributed by atoms with Crippen molar-refractivity contribution >= 4 is 11.7 Å². The number of carbonyl (C=O) groups is 1. The van der Waals surface area contributed by atoms with Crippen LogP contribution in [0.15, 0.2) is 18.3 Å². The molecule has 6 nitrogen and oxygen atoms in total. The summed E-state index contributed by atoms with van der Waals surface area (Å²) in [4.78, 5) is 11.8. The lowest BCUT2D eigenvalue weighted by atomic mass is 10.2. The van der Waals surface area contributed by atoms with Gasteiger partial charge in [0.15, 0.2) is 17.3 Å². The van der Waals surface area contributed by atoms with E-state index in [0.29, 0.717) is 6.07 Å². The van der Waals surface area contributed by atoms with Gasteiger partial charge >= 0.3 is 5.97 Å². The first-order valence-electron chi connectivity index (χ1n) is 5.97. The molecule has 114 valence electrons. The Labute approximate surface area is 124 Å². The zero-order chi connectivity index (χ0) is 16.4. The van der Waals surface area contributed by atoms with Crippen LogP contribution in [-0.2, 0) is 4.74 Å². The highest BCUT2D eigenvalue weighted by Crippen LogP contribution is 2.29. The molecule has 0 radical (unpaired) electrons. The number of aromatic nitrogens is 1.